The number of benzene rings is 2. The Hall–Kier alpha value is -3.09. The highest BCUT2D eigenvalue weighted by Crippen LogP contribution is 2.33. The van der Waals surface area contributed by atoms with Crippen molar-refractivity contribution in [3.05, 3.63) is 71.4 Å². The van der Waals surface area contributed by atoms with E-state index in [1.165, 1.54) is 12.1 Å². The molecule has 0 saturated carbocycles. The summed E-state index contributed by atoms with van der Waals surface area (Å²) in [7, 11) is 0. The van der Waals surface area contributed by atoms with Gasteiger partial charge >= 0.3 is 6.18 Å². The van der Waals surface area contributed by atoms with Crippen molar-refractivity contribution in [2.24, 2.45) is 0 Å². The minimum atomic E-state index is -4.40. The van der Waals surface area contributed by atoms with Gasteiger partial charge in [-0.3, -0.25) is 9.89 Å². The average Bonchev–Trinajstić information content (AvgIpc) is 2.96. The molecule has 2 aromatic carbocycles. The van der Waals surface area contributed by atoms with E-state index in [9.17, 15) is 18.0 Å². The van der Waals surface area contributed by atoms with Gasteiger partial charge in [-0.1, -0.05) is 42.5 Å². The van der Waals surface area contributed by atoms with Crippen LogP contribution in [0, 0.1) is 6.92 Å². The van der Waals surface area contributed by atoms with Crippen molar-refractivity contribution in [3.8, 4) is 11.3 Å². The number of hydrogen-bond donors (Lipinski definition) is 2. The lowest BCUT2D eigenvalue weighted by Crippen LogP contribution is -2.15. The number of rotatable bonds is 4. The molecule has 4 nitrogen and oxygen atoms in total. The molecular formula is C19H16F3N3O. The number of hydrogen-bond acceptors (Lipinski definition) is 2. The van der Waals surface area contributed by atoms with Gasteiger partial charge in [-0.2, -0.15) is 18.3 Å². The fourth-order valence-corrected chi connectivity index (χ4v) is 2.57. The van der Waals surface area contributed by atoms with Crippen LogP contribution < -0.4 is 5.32 Å². The van der Waals surface area contributed by atoms with E-state index in [4.69, 9.17) is 0 Å². The summed E-state index contributed by atoms with van der Waals surface area (Å²) in [4.78, 5) is 12.3. The van der Waals surface area contributed by atoms with Gasteiger partial charge in [0, 0.05) is 5.56 Å². The van der Waals surface area contributed by atoms with Crippen molar-refractivity contribution in [2.45, 2.75) is 19.5 Å². The summed E-state index contributed by atoms with van der Waals surface area (Å²) < 4.78 is 38.1. The zero-order valence-electron chi connectivity index (χ0n) is 13.9. The fourth-order valence-electron chi connectivity index (χ4n) is 2.57. The zero-order chi connectivity index (χ0) is 18.7. The molecule has 0 aliphatic rings. The van der Waals surface area contributed by atoms with Gasteiger partial charge in [0.1, 0.15) is 5.69 Å². The van der Waals surface area contributed by atoms with Crippen molar-refractivity contribution < 1.29 is 18.0 Å². The molecule has 0 unspecified atom stereocenters. The summed E-state index contributed by atoms with van der Waals surface area (Å²) in [6.07, 6.45) is -4.20. The van der Waals surface area contributed by atoms with E-state index in [-0.39, 0.29) is 12.3 Å². The molecule has 0 atom stereocenters. The Morgan fingerprint density at radius 1 is 1.08 bits per heavy atom. The molecule has 26 heavy (non-hydrogen) atoms. The number of amides is 1. The van der Waals surface area contributed by atoms with Gasteiger partial charge in [-0.05, 0) is 24.6 Å². The van der Waals surface area contributed by atoms with Crippen LogP contribution in [-0.2, 0) is 17.4 Å². The lowest BCUT2D eigenvalue weighted by atomic mass is 10.1. The van der Waals surface area contributed by atoms with Crippen LogP contribution in [0.5, 0.6) is 0 Å². The predicted molar refractivity (Wildman–Crippen MR) is 92.5 cm³/mol. The van der Waals surface area contributed by atoms with E-state index in [1.54, 1.807) is 6.92 Å². The molecule has 134 valence electrons. The molecule has 0 saturated heterocycles. The molecule has 0 radical (unpaired) electrons. The Morgan fingerprint density at radius 2 is 1.73 bits per heavy atom. The van der Waals surface area contributed by atoms with E-state index >= 15 is 0 Å². The Morgan fingerprint density at radius 3 is 2.35 bits per heavy atom. The second-order valence-corrected chi connectivity index (χ2v) is 5.86. The first-order chi connectivity index (χ1) is 12.3. The molecule has 1 amide bonds. The highest BCUT2D eigenvalue weighted by Gasteiger charge is 2.30. The molecule has 2 N–H and O–H groups in total. The number of carbonyl (C=O) groups excluding carboxylic acids is 1. The molecule has 0 aliphatic carbocycles. The van der Waals surface area contributed by atoms with Crippen molar-refractivity contribution in [1.82, 2.24) is 10.2 Å². The molecule has 7 heteroatoms. The molecule has 0 fully saturated rings. The number of carbonyl (C=O) groups is 1. The van der Waals surface area contributed by atoms with Crippen LogP contribution in [0.3, 0.4) is 0 Å². The van der Waals surface area contributed by atoms with Crippen LogP contribution in [0.4, 0.5) is 18.9 Å². The van der Waals surface area contributed by atoms with Crippen LogP contribution in [0.2, 0.25) is 0 Å². The zero-order valence-corrected chi connectivity index (χ0v) is 13.9. The fraction of sp³-hybridized carbons (Fsp3) is 0.158. The number of nitrogens with zero attached hydrogens (tertiary/aromatic N) is 1. The first-order valence-electron chi connectivity index (χ1n) is 7.91. The highest BCUT2D eigenvalue weighted by molar-refractivity contribution is 5.96. The first kappa shape index (κ1) is 17.7. The summed E-state index contributed by atoms with van der Waals surface area (Å²) in [5.74, 6) is -0.228. The van der Waals surface area contributed by atoms with Crippen LogP contribution in [0.15, 0.2) is 54.6 Å². The van der Waals surface area contributed by atoms with E-state index in [0.29, 0.717) is 22.6 Å². The van der Waals surface area contributed by atoms with Crippen molar-refractivity contribution in [1.29, 1.82) is 0 Å². The number of anilines is 1. The Balaban J connectivity index is 1.82. The number of nitrogens with one attached hydrogen (secondary N) is 2. The normalized spacial score (nSPS) is 11.4. The minimum Gasteiger partial charge on any atom is -0.322 e. The van der Waals surface area contributed by atoms with Crippen LogP contribution >= 0.6 is 0 Å². The van der Waals surface area contributed by atoms with E-state index in [1.807, 2.05) is 30.3 Å². The smallest absolute Gasteiger partial charge is 0.322 e. The third kappa shape index (κ3) is 3.93. The van der Waals surface area contributed by atoms with Gasteiger partial charge in [-0.25, -0.2) is 0 Å². The van der Waals surface area contributed by atoms with Gasteiger partial charge < -0.3 is 5.32 Å². The van der Waals surface area contributed by atoms with Gasteiger partial charge in [-0.15, -0.1) is 0 Å². The Labute approximate surface area is 148 Å². The highest BCUT2D eigenvalue weighted by atomic mass is 19.4. The van der Waals surface area contributed by atoms with E-state index in [2.05, 4.69) is 15.5 Å². The predicted octanol–water partition coefficient (Wildman–Crippen LogP) is 4.59. The second-order valence-electron chi connectivity index (χ2n) is 5.86. The maximum atomic E-state index is 12.7. The van der Waals surface area contributed by atoms with Crippen molar-refractivity contribution in [3.63, 3.8) is 0 Å². The number of aromatic amines is 1. The molecular weight excluding hydrogens is 343 g/mol. The van der Waals surface area contributed by atoms with Crippen LogP contribution in [-0.4, -0.2) is 16.1 Å². The quantitative estimate of drug-likeness (QED) is 0.716. The molecule has 0 spiro atoms. The monoisotopic (exact) mass is 359 g/mol. The third-order valence-corrected chi connectivity index (χ3v) is 3.90. The lowest BCUT2D eigenvalue weighted by Gasteiger charge is -2.09. The van der Waals surface area contributed by atoms with Gasteiger partial charge in [0.15, 0.2) is 0 Å². The molecule has 3 aromatic rings. The average molecular weight is 359 g/mol. The first-order valence-corrected chi connectivity index (χ1v) is 7.91. The molecule has 1 aromatic heterocycles. The van der Waals surface area contributed by atoms with Crippen molar-refractivity contribution in [2.75, 3.05) is 5.32 Å². The number of aromatic nitrogens is 2. The maximum Gasteiger partial charge on any atom is 0.416 e. The summed E-state index contributed by atoms with van der Waals surface area (Å²) in [6, 6.07) is 13.9. The summed E-state index contributed by atoms with van der Waals surface area (Å²) in [5.41, 5.74) is 2.10. The lowest BCUT2D eigenvalue weighted by molar-refractivity contribution is -0.137. The van der Waals surface area contributed by atoms with Gasteiger partial charge in [0.05, 0.1) is 23.4 Å². The minimum absolute atomic E-state index is 0.192. The number of aryl methyl sites for hydroxylation is 1. The summed E-state index contributed by atoms with van der Waals surface area (Å²) in [5, 5.41) is 9.68. The van der Waals surface area contributed by atoms with E-state index < -0.39 is 11.7 Å². The van der Waals surface area contributed by atoms with Gasteiger partial charge in [0.2, 0.25) is 5.91 Å². The van der Waals surface area contributed by atoms with Crippen molar-refractivity contribution >= 4 is 11.6 Å². The number of halogens is 3. The third-order valence-electron chi connectivity index (χ3n) is 3.90. The topological polar surface area (TPSA) is 57.8 Å². The summed E-state index contributed by atoms with van der Waals surface area (Å²) >= 11 is 0. The molecule has 0 aliphatic heterocycles. The van der Waals surface area contributed by atoms with Gasteiger partial charge in [0.25, 0.3) is 0 Å². The molecule has 1 heterocycles. The summed E-state index contributed by atoms with van der Waals surface area (Å²) in [6.45, 7) is 1.73. The number of alkyl halides is 3. The molecule has 3 rings (SSSR count). The van der Waals surface area contributed by atoms with Crippen LogP contribution in [0.1, 0.15) is 16.8 Å². The SMILES string of the molecule is Cc1[nH]nc(-c2ccc(C(F)(F)F)cc2)c1NC(=O)Cc1ccccc1. The Kier molecular flexibility index (Phi) is 4.79. The maximum absolute atomic E-state index is 12.7. The van der Waals surface area contributed by atoms with Crippen LogP contribution in [0.25, 0.3) is 11.3 Å². The second kappa shape index (κ2) is 7.03. The molecule has 0 bridgehead atoms. The standard InChI is InChI=1S/C19H16F3N3O/c1-12-17(23-16(26)11-13-5-3-2-4-6-13)18(25-24-12)14-7-9-15(10-8-14)19(20,21)22/h2-10H,11H2,1H3,(H,23,26)(H,24,25). The largest absolute Gasteiger partial charge is 0.416 e. The number of H-pyrrole nitrogens is 1. The Bertz CT molecular complexity index is 900. The van der Waals surface area contributed by atoms with E-state index in [0.717, 1.165) is 17.7 Å².